The Morgan fingerprint density at radius 1 is 1.38 bits per heavy atom. The highest BCUT2D eigenvalue weighted by atomic mass is 16.2. The molecule has 1 aromatic rings. The van der Waals surface area contributed by atoms with Crippen LogP contribution in [0.5, 0.6) is 0 Å². The molecule has 5 heteroatoms. The number of amides is 3. The van der Waals surface area contributed by atoms with Crippen LogP contribution in [0.3, 0.4) is 0 Å². The molecule has 0 aromatic heterocycles. The maximum Gasteiger partial charge on any atom is 0.315 e. The summed E-state index contributed by atoms with van der Waals surface area (Å²) in [6.07, 6.45) is 1.23. The van der Waals surface area contributed by atoms with Crippen LogP contribution in [0.2, 0.25) is 0 Å². The second kappa shape index (κ2) is 6.61. The number of rotatable bonds is 4. The van der Waals surface area contributed by atoms with Crippen LogP contribution < -0.4 is 15.5 Å². The lowest BCUT2D eigenvalue weighted by atomic mass is 10.2. The average molecular weight is 289 g/mol. The Morgan fingerprint density at radius 3 is 2.67 bits per heavy atom. The second-order valence-electron chi connectivity index (χ2n) is 5.67. The first-order chi connectivity index (χ1) is 9.99. The number of aryl methyl sites for hydroxylation is 1. The Balaban J connectivity index is 1.93. The zero-order chi connectivity index (χ0) is 15.4. The van der Waals surface area contributed by atoms with Crippen molar-refractivity contribution in [2.45, 2.75) is 45.7 Å². The quantitative estimate of drug-likeness (QED) is 0.892. The Labute approximate surface area is 125 Å². The van der Waals surface area contributed by atoms with E-state index in [0.29, 0.717) is 13.0 Å². The van der Waals surface area contributed by atoms with Gasteiger partial charge in [0, 0.05) is 24.7 Å². The number of nitrogens with zero attached hydrogens (tertiary/aromatic N) is 1. The molecule has 1 aliphatic heterocycles. The molecule has 2 rings (SSSR count). The summed E-state index contributed by atoms with van der Waals surface area (Å²) in [5, 5.41) is 5.73. The highest BCUT2D eigenvalue weighted by molar-refractivity contribution is 5.96. The van der Waals surface area contributed by atoms with Gasteiger partial charge in [-0.05, 0) is 32.4 Å². The molecule has 0 saturated carbocycles. The van der Waals surface area contributed by atoms with Crippen molar-refractivity contribution >= 4 is 17.6 Å². The van der Waals surface area contributed by atoms with Crippen LogP contribution in [-0.2, 0) is 4.79 Å². The van der Waals surface area contributed by atoms with Crippen LogP contribution in [0.25, 0.3) is 0 Å². The summed E-state index contributed by atoms with van der Waals surface area (Å²) in [6.45, 7) is 6.51. The van der Waals surface area contributed by atoms with E-state index in [2.05, 4.69) is 10.6 Å². The molecular weight excluding hydrogens is 266 g/mol. The summed E-state index contributed by atoms with van der Waals surface area (Å²) < 4.78 is 0. The lowest BCUT2D eigenvalue weighted by Gasteiger charge is -2.18. The summed E-state index contributed by atoms with van der Waals surface area (Å²) in [5.41, 5.74) is 2.05. The van der Waals surface area contributed by atoms with Crippen LogP contribution >= 0.6 is 0 Å². The molecule has 0 unspecified atom stereocenters. The maximum absolute atomic E-state index is 12.1. The van der Waals surface area contributed by atoms with E-state index in [1.807, 2.05) is 45.0 Å². The summed E-state index contributed by atoms with van der Waals surface area (Å²) in [5.74, 6) is 0.0488. The standard InChI is InChI=1S/C16H23N3O2/c1-4-12(3)17-16(21)18-13-9-15(20)19(10-13)14-7-5-11(2)6-8-14/h5-8,12-13H,4,9-10H2,1-3H3,(H2,17,18,21)/t12-,13-/m1/s1. The molecule has 1 saturated heterocycles. The monoisotopic (exact) mass is 289 g/mol. The minimum atomic E-state index is -0.201. The lowest BCUT2D eigenvalue weighted by Crippen LogP contribution is -2.46. The number of nitrogens with one attached hydrogen (secondary N) is 2. The summed E-state index contributed by atoms with van der Waals surface area (Å²) in [4.78, 5) is 25.6. The third-order valence-electron chi connectivity index (χ3n) is 3.80. The van der Waals surface area contributed by atoms with E-state index in [0.717, 1.165) is 17.7 Å². The van der Waals surface area contributed by atoms with Gasteiger partial charge in [0.15, 0.2) is 0 Å². The van der Waals surface area contributed by atoms with Gasteiger partial charge in [-0.15, -0.1) is 0 Å². The number of hydrogen-bond acceptors (Lipinski definition) is 2. The van der Waals surface area contributed by atoms with Crippen molar-refractivity contribution in [1.82, 2.24) is 10.6 Å². The molecule has 0 radical (unpaired) electrons. The third kappa shape index (κ3) is 3.97. The van der Waals surface area contributed by atoms with E-state index < -0.39 is 0 Å². The first-order valence-corrected chi connectivity index (χ1v) is 7.43. The number of anilines is 1. The van der Waals surface area contributed by atoms with Crippen LogP contribution in [0.1, 0.15) is 32.3 Å². The van der Waals surface area contributed by atoms with Crippen molar-refractivity contribution in [1.29, 1.82) is 0 Å². The molecule has 1 heterocycles. The molecule has 114 valence electrons. The number of benzene rings is 1. The minimum Gasteiger partial charge on any atom is -0.336 e. The zero-order valence-corrected chi connectivity index (χ0v) is 12.8. The Hall–Kier alpha value is -2.04. The summed E-state index contributed by atoms with van der Waals surface area (Å²) in [7, 11) is 0. The van der Waals surface area contributed by atoms with Gasteiger partial charge in [0.2, 0.25) is 5.91 Å². The van der Waals surface area contributed by atoms with Gasteiger partial charge in [-0.25, -0.2) is 4.79 Å². The van der Waals surface area contributed by atoms with E-state index >= 15 is 0 Å². The van der Waals surface area contributed by atoms with Gasteiger partial charge < -0.3 is 15.5 Å². The van der Waals surface area contributed by atoms with Crippen LogP contribution in [-0.4, -0.2) is 30.6 Å². The molecule has 2 atom stereocenters. The molecule has 5 nitrogen and oxygen atoms in total. The highest BCUT2D eigenvalue weighted by Gasteiger charge is 2.31. The molecule has 0 aliphatic carbocycles. The fourth-order valence-electron chi connectivity index (χ4n) is 2.33. The van der Waals surface area contributed by atoms with Gasteiger partial charge >= 0.3 is 6.03 Å². The van der Waals surface area contributed by atoms with Crippen molar-refractivity contribution in [2.75, 3.05) is 11.4 Å². The minimum absolute atomic E-state index is 0.0488. The third-order valence-corrected chi connectivity index (χ3v) is 3.80. The lowest BCUT2D eigenvalue weighted by molar-refractivity contribution is -0.117. The predicted octanol–water partition coefficient (Wildman–Crippen LogP) is 2.20. The smallest absolute Gasteiger partial charge is 0.315 e. The van der Waals surface area contributed by atoms with Crippen molar-refractivity contribution < 1.29 is 9.59 Å². The molecule has 2 N–H and O–H groups in total. The van der Waals surface area contributed by atoms with Crippen LogP contribution in [0, 0.1) is 6.92 Å². The molecule has 1 aromatic carbocycles. The Morgan fingerprint density at radius 2 is 2.05 bits per heavy atom. The topological polar surface area (TPSA) is 61.4 Å². The molecule has 0 spiro atoms. The van der Waals surface area contributed by atoms with Crippen LogP contribution in [0.15, 0.2) is 24.3 Å². The summed E-state index contributed by atoms with van der Waals surface area (Å²) >= 11 is 0. The molecule has 3 amide bonds. The Bertz CT molecular complexity index is 513. The van der Waals surface area contributed by atoms with Gasteiger partial charge in [-0.1, -0.05) is 24.6 Å². The largest absolute Gasteiger partial charge is 0.336 e. The predicted molar refractivity (Wildman–Crippen MR) is 83.4 cm³/mol. The van der Waals surface area contributed by atoms with E-state index in [4.69, 9.17) is 0 Å². The van der Waals surface area contributed by atoms with Crippen LogP contribution in [0.4, 0.5) is 10.5 Å². The first-order valence-electron chi connectivity index (χ1n) is 7.43. The molecule has 1 aliphatic rings. The van der Waals surface area contributed by atoms with Gasteiger partial charge in [-0.3, -0.25) is 4.79 Å². The van der Waals surface area contributed by atoms with E-state index in [1.165, 1.54) is 0 Å². The number of carbonyl (C=O) groups excluding carboxylic acids is 2. The SMILES string of the molecule is CC[C@@H](C)NC(=O)N[C@@H]1CC(=O)N(c2ccc(C)cc2)C1. The number of urea groups is 1. The molecule has 1 fully saturated rings. The van der Waals surface area contributed by atoms with Gasteiger partial charge in [0.05, 0.1) is 6.04 Å². The van der Waals surface area contributed by atoms with Gasteiger partial charge in [-0.2, -0.15) is 0 Å². The normalized spacial score (nSPS) is 19.5. The molecule has 21 heavy (non-hydrogen) atoms. The number of carbonyl (C=O) groups is 2. The Kier molecular flexibility index (Phi) is 4.83. The van der Waals surface area contributed by atoms with Gasteiger partial charge in [0.25, 0.3) is 0 Å². The van der Waals surface area contributed by atoms with Crippen molar-refractivity contribution in [2.24, 2.45) is 0 Å². The molecule has 0 bridgehead atoms. The summed E-state index contributed by atoms with van der Waals surface area (Å²) in [6, 6.07) is 7.65. The zero-order valence-electron chi connectivity index (χ0n) is 12.8. The highest BCUT2D eigenvalue weighted by Crippen LogP contribution is 2.21. The van der Waals surface area contributed by atoms with Crippen molar-refractivity contribution in [3.63, 3.8) is 0 Å². The number of hydrogen-bond donors (Lipinski definition) is 2. The van der Waals surface area contributed by atoms with E-state index in [9.17, 15) is 9.59 Å². The second-order valence-corrected chi connectivity index (χ2v) is 5.67. The maximum atomic E-state index is 12.1. The average Bonchev–Trinajstić information content (AvgIpc) is 2.80. The molecular formula is C16H23N3O2. The van der Waals surface area contributed by atoms with E-state index in [-0.39, 0.29) is 24.0 Å². The van der Waals surface area contributed by atoms with E-state index in [1.54, 1.807) is 4.90 Å². The van der Waals surface area contributed by atoms with Crippen molar-refractivity contribution in [3.05, 3.63) is 29.8 Å². The fourth-order valence-corrected chi connectivity index (χ4v) is 2.33. The van der Waals surface area contributed by atoms with Gasteiger partial charge in [0.1, 0.15) is 0 Å². The first kappa shape index (κ1) is 15.4. The fraction of sp³-hybridized carbons (Fsp3) is 0.500. The van der Waals surface area contributed by atoms with Crippen molar-refractivity contribution in [3.8, 4) is 0 Å².